The van der Waals surface area contributed by atoms with Crippen LogP contribution in [0.2, 0.25) is 18.1 Å². The molecule has 0 aromatic rings. The lowest BCUT2D eigenvalue weighted by atomic mass is 9.66. The van der Waals surface area contributed by atoms with Crippen molar-refractivity contribution < 1.29 is 23.5 Å². The minimum absolute atomic E-state index is 0.0292. The summed E-state index contributed by atoms with van der Waals surface area (Å²) in [6.45, 7) is 12.9. The van der Waals surface area contributed by atoms with Crippen molar-refractivity contribution in [3.8, 4) is 0 Å². The highest BCUT2D eigenvalue weighted by Crippen LogP contribution is 2.52. The van der Waals surface area contributed by atoms with E-state index in [4.69, 9.17) is 13.9 Å². The van der Waals surface area contributed by atoms with Crippen LogP contribution in [0.1, 0.15) is 34.1 Å². The zero-order valence-corrected chi connectivity index (χ0v) is 16.2. The number of hydrogen-bond acceptors (Lipinski definition) is 5. The number of carbonyl (C=O) groups is 2. The van der Waals surface area contributed by atoms with Gasteiger partial charge in [0, 0.05) is 5.92 Å². The Morgan fingerprint density at radius 1 is 1.39 bits per heavy atom. The van der Waals surface area contributed by atoms with Gasteiger partial charge in [0.15, 0.2) is 0 Å². The number of allylic oxidation sites excluding steroid dienone is 1. The van der Waals surface area contributed by atoms with Gasteiger partial charge in [-0.15, -0.1) is 0 Å². The third-order valence-electron chi connectivity index (χ3n) is 5.79. The molecule has 1 aliphatic carbocycles. The van der Waals surface area contributed by atoms with Crippen molar-refractivity contribution in [1.82, 2.24) is 0 Å². The van der Waals surface area contributed by atoms with Gasteiger partial charge in [-0.2, -0.15) is 0 Å². The summed E-state index contributed by atoms with van der Waals surface area (Å²) in [5.74, 6) is -0.504. The van der Waals surface area contributed by atoms with Gasteiger partial charge in [0.05, 0.1) is 25.4 Å². The number of esters is 2. The molecule has 23 heavy (non-hydrogen) atoms. The van der Waals surface area contributed by atoms with Crippen LogP contribution in [-0.4, -0.2) is 34.0 Å². The Balaban J connectivity index is 2.39. The van der Waals surface area contributed by atoms with Gasteiger partial charge in [-0.25, -0.2) is 0 Å². The number of ether oxygens (including phenoxy) is 2. The molecule has 2 aliphatic rings. The SMILES string of the molecule is COC(=O)[C@H]1CC=C(O[Si](C)(C)C(C)(C)C)[C@]2(C)C(=O)OC[C@H]12. The molecule has 1 saturated heterocycles. The zero-order valence-electron chi connectivity index (χ0n) is 15.2. The van der Waals surface area contributed by atoms with Gasteiger partial charge in [-0.05, 0) is 37.6 Å². The molecule has 2 rings (SSSR count). The third-order valence-corrected chi connectivity index (χ3v) is 10.1. The molecule has 0 amide bonds. The summed E-state index contributed by atoms with van der Waals surface area (Å²) in [6, 6.07) is 0. The average Bonchev–Trinajstić information content (AvgIpc) is 2.75. The molecule has 5 nitrogen and oxygen atoms in total. The van der Waals surface area contributed by atoms with Crippen LogP contribution in [0.15, 0.2) is 11.8 Å². The predicted octanol–water partition coefficient (Wildman–Crippen LogP) is 3.26. The molecule has 1 fully saturated rings. The first-order chi connectivity index (χ1) is 10.4. The van der Waals surface area contributed by atoms with E-state index in [1.165, 1.54) is 7.11 Å². The van der Waals surface area contributed by atoms with Crippen LogP contribution in [-0.2, 0) is 23.5 Å². The number of hydrogen-bond donors (Lipinski definition) is 0. The summed E-state index contributed by atoms with van der Waals surface area (Å²) in [6.07, 6.45) is 2.42. The Morgan fingerprint density at radius 3 is 2.52 bits per heavy atom. The summed E-state index contributed by atoms with van der Waals surface area (Å²) in [7, 11) is -0.701. The van der Waals surface area contributed by atoms with Crippen molar-refractivity contribution in [2.45, 2.75) is 52.2 Å². The molecule has 6 heteroatoms. The maximum absolute atomic E-state index is 12.5. The summed E-state index contributed by atoms with van der Waals surface area (Å²) in [5.41, 5.74) is -0.896. The van der Waals surface area contributed by atoms with E-state index in [9.17, 15) is 9.59 Å². The molecule has 0 aromatic carbocycles. The molecule has 0 N–H and O–H groups in total. The smallest absolute Gasteiger partial charge is 0.319 e. The Hall–Kier alpha value is -1.30. The third kappa shape index (κ3) is 2.82. The quantitative estimate of drug-likeness (QED) is 0.583. The van der Waals surface area contributed by atoms with E-state index >= 15 is 0 Å². The molecule has 3 atom stereocenters. The van der Waals surface area contributed by atoms with Crippen LogP contribution in [0.4, 0.5) is 0 Å². The summed E-state index contributed by atoms with van der Waals surface area (Å²) >= 11 is 0. The lowest BCUT2D eigenvalue weighted by Crippen LogP contribution is -2.48. The zero-order chi connectivity index (χ0) is 17.6. The number of methoxy groups -OCH3 is 1. The molecule has 0 unspecified atom stereocenters. The number of cyclic esters (lactones) is 1. The highest BCUT2D eigenvalue weighted by atomic mass is 28.4. The van der Waals surface area contributed by atoms with Crippen molar-refractivity contribution in [1.29, 1.82) is 0 Å². The Labute approximate surface area is 139 Å². The van der Waals surface area contributed by atoms with Gasteiger partial charge in [0.1, 0.15) is 5.41 Å². The molecule has 0 spiro atoms. The number of fused-ring (bicyclic) bond motifs is 1. The van der Waals surface area contributed by atoms with Gasteiger partial charge >= 0.3 is 11.9 Å². The summed E-state index contributed by atoms with van der Waals surface area (Å²) < 4.78 is 16.6. The minimum Gasteiger partial charge on any atom is -0.546 e. The van der Waals surface area contributed by atoms with Crippen molar-refractivity contribution in [3.05, 3.63) is 11.8 Å². The van der Waals surface area contributed by atoms with E-state index in [-0.39, 0.29) is 35.4 Å². The first-order valence-corrected chi connectivity index (χ1v) is 11.0. The lowest BCUT2D eigenvalue weighted by Gasteiger charge is -2.43. The van der Waals surface area contributed by atoms with Gasteiger partial charge in [0.25, 0.3) is 0 Å². The van der Waals surface area contributed by atoms with Gasteiger partial charge in [-0.3, -0.25) is 9.59 Å². The second-order valence-electron chi connectivity index (χ2n) is 8.20. The normalized spacial score (nSPS) is 31.1. The summed E-state index contributed by atoms with van der Waals surface area (Å²) in [4.78, 5) is 24.5. The second kappa shape index (κ2) is 5.65. The van der Waals surface area contributed by atoms with Crippen molar-refractivity contribution in [2.75, 3.05) is 13.7 Å². The maximum atomic E-state index is 12.5. The fourth-order valence-corrected chi connectivity index (χ4v) is 4.18. The number of rotatable bonds is 3. The Morgan fingerprint density at radius 2 is 2.00 bits per heavy atom. The van der Waals surface area contributed by atoms with Crippen LogP contribution >= 0.6 is 0 Å². The fourth-order valence-electron chi connectivity index (χ4n) is 3.03. The van der Waals surface area contributed by atoms with Crippen molar-refractivity contribution in [3.63, 3.8) is 0 Å². The van der Waals surface area contributed by atoms with E-state index in [1.54, 1.807) is 0 Å². The van der Waals surface area contributed by atoms with Crippen molar-refractivity contribution >= 4 is 20.3 Å². The molecular weight excluding hydrogens is 312 g/mol. The van der Waals surface area contributed by atoms with Crippen LogP contribution < -0.4 is 0 Å². The number of carbonyl (C=O) groups excluding carboxylic acids is 2. The van der Waals surface area contributed by atoms with E-state index in [1.807, 2.05) is 13.0 Å². The standard InChI is InChI=1S/C17H28O5Si/c1-16(2,3)23(6,7)22-13-9-8-11(14(18)20-5)12-10-21-15(19)17(12,13)4/h9,11-12H,8,10H2,1-7H3/t11-,12+,17+/m0/s1. The summed E-state index contributed by atoms with van der Waals surface area (Å²) in [5, 5.41) is 0.0292. The Bertz CT molecular complexity index is 546. The fraction of sp³-hybridized carbons (Fsp3) is 0.765. The van der Waals surface area contributed by atoms with Crippen LogP contribution in [0.25, 0.3) is 0 Å². The molecule has 0 radical (unpaired) electrons. The average molecular weight is 340 g/mol. The molecule has 0 aromatic heterocycles. The van der Waals surface area contributed by atoms with Crippen LogP contribution in [0.3, 0.4) is 0 Å². The second-order valence-corrected chi connectivity index (χ2v) is 12.9. The first-order valence-electron chi connectivity index (χ1n) is 8.10. The minimum atomic E-state index is -2.08. The molecule has 130 valence electrons. The molecule has 0 saturated carbocycles. The Kier molecular flexibility index (Phi) is 4.43. The van der Waals surface area contributed by atoms with Crippen LogP contribution in [0.5, 0.6) is 0 Å². The van der Waals surface area contributed by atoms with E-state index in [2.05, 4.69) is 33.9 Å². The highest BCUT2D eigenvalue weighted by Gasteiger charge is 2.59. The van der Waals surface area contributed by atoms with E-state index in [0.717, 1.165) is 0 Å². The van der Waals surface area contributed by atoms with Gasteiger partial charge < -0.3 is 13.9 Å². The van der Waals surface area contributed by atoms with E-state index in [0.29, 0.717) is 12.2 Å². The van der Waals surface area contributed by atoms with E-state index < -0.39 is 13.7 Å². The molecule has 1 aliphatic heterocycles. The van der Waals surface area contributed by atoms with Crippen molar-refractivity contribution in [2.24, 2.45) is 17.3 Å². The maximum Gasteiger partial charge on any atom is 0.319 e. The van der Waals surface area contributed by atoms with Crippen LogP contribution in [0, 0.1) is 17.3 Å². The molecule has 0 bridgehead atoms. The predicted molar refractivity (Wildman–Crippen MR) is 89.0 cm³/mol. The molecular formula is C17H28O5Si. The first kappa shape index (κ1) is 18.0. The largest absolute Gasteiger partial charge is 0.546 e. The molecule has 1 heterocycles. The highest BCUT2D eigenvalue weighted by molar-refractivity contribution is 6.74. The topological polar surface area (TPSA) is 61.8 Å². The van der Waals surface area contributed by atoms with Gasteiger partial charge in [0.2, 0.25) is 8.32 Å². The lowest BCUT2D eigenvalue weighted by molar-refractivity contribution is -0.150. The monoisotopic (exact) mass is 340 g/mol. The van der Waals surface area contributed by atoms with Gasteiger partial charge in [-0.1, -0.05) is 20.8 Å².